The Hall–Kier alpha value is -6.65. The first-order valence-corrected chi connectivity index (χ1v) is 16.6. The SMILES string of the molecule is c1ccc(-n2c3ccccc3c3cc(N(c4ccc5c(c4)c4ccccc4n5-c4ccccc4)c4cccc5ncccc45)ccc32)cc1. The van der Waals surface area contributed by atoms with Gasteiger partial charge in [-0.2, -0.15) is 0 Å². The smallest absolute Gasteiger partial charge is 0.0723 e. The molecule has 4 heteroatoms. The first kappa shape index (κ1) is 27.5. The summed E-state index contributed by atoms with van der Waals surface area (Å²) in [4.78, 5) is 7.13. The molecule has 0 saturated heterocycles. The molecule has 0 radical (unpaired) electrons. The minimum absolute atomic E-state index is 0.966. The zero-order valence-corrected chi connectivity index (χ0v) is 26.6. The van der Waals surface area contributed by atoms with Crippen LogP contribution in [0.25, 0.3) is 65.9 Å². The molecule has 0 N–H and O–H groups in total. The molecule has 0 aliphatic rings. The lowest BCUT2D eigenvalue weighted by Gasteiger charge is -2.27. The molecule has 10 rings (SSSR count). The van der Waals surface area contributed by atoms with Crippen molar-refractivity contribution in [2.45, 2.75) is 0 Å². The second-order valence-corrected chi connectivity index (χ2v) is 12.5. The quantitative estimate of drug-likeness (QED) is 0.190. The van der Waals surface area contributed by atoms with E-state index in [1.54, 1.807) is 0 Å². The van der Waals surface area contributed by atoms with Gasteiger partial charge in [0.05, 0.1) is 33.3 Å². The van der Waals surface area contributed by atoms with Gasteiger partial charge in [-0.25, -0.2) is 0 Å². The average molecular weight is 627 g/mol. The fourth-order valence-electron chi connectivity index (χ4n) is 7.62. The normalized spacial score (nSPS) is 11.7. The molecule has 7 aromatic carbocycles. The summed E-state index contributed by atoms with van der Waals surface area (Å²) in [6.07, 6.45) is 1.87. The Morgan fingerprint density at radius 2 is 0.857 bits per heavy atom. The summed E-state index contributed by atoms with van der Waals surface area (Å²) in [5.74, 6) is 0. The molecule has 4 nitrogen and oxygen atoms in total. The van der Waals surface area contributed by atoms with Crippen molar-refractivity contribution in [1.82, 2.24) is 14.1 Å². The van der Waals surface area contributed by atoms with Crippen molar-refractivity contribution >= 4 is 71.6 Å². The predicted molar refractivity (Wildman–Crippen MR) is 205 cm³/mol. The summed E-state index contributed by atoms with van der Waals surface area (Å²) in [6, 6.07) is 63.0. The molecule has 0 aliphatic carbocycles. The summed E-state index contributed by atoms with van der Waals surface area (Å²) in [5.41, 5.74) is 11.3. The van der Waals surface area contributed by atoms with E-state index in [1.807, 2.05) is 12.3 Å². The molecule has 230 valence electrons. The van der Waals surface area contributed by atoms with E-state index in [4.69, 9.17) is 4.98 Å². The fraction of sp³-hybridized carbons (Fsp3) is 0. The third-order valence-corrected chi connectivity index (χ3v) is 9.72. The molecule has 0 aliphatic heterocycles. The van der Waals surface area contributed by atoms with Crippen LogP contribution in [0.1, 0.15) is 0 Å². The molecule has 0 atom stereocenters. The lowest BCUT2D eigenvalue weighted by molar-refractivity contribution is 1.18. The summed E-state index contributed by atoms with van der Waals surface area (Å²) in [5, 5.41) is 5.97. The number of para-hydroxylation sites is 4. The van der Waals surface area contributed by atoms with Crippen LogP contribution in [0.4, 0.5) is 17.1 Å². The predicted octanol–water partition coefficient (Wildman–Crippen LogP) is 11.9. The van der Waals surface area contributed by atoms with Gasteiger partial charge in [0, 0.05) is 55.9 Å². The maximum absolute atomic E-state index is 4.73. The molecule has 0 unspecified atom stereocenters. The topological polar surface area (TPSA) is 26.0 Å². The largest absolute Gasteiger partial charge is 0.310 e. The van der Waals surface area contributed by atoms with Crippen LogP contribution in [0.2, 0.25) is 0 Å². The number of rotatable bonds is 5. The van der Waals surface area contributed by atoms with Crippen molar-refractivity contribution in [3.63, 3.8) is 0 Å². The second-order valence-electron chi connectivity index (χ2n) is 12.5. The maximum Gasteiger partial charge on any atom is 0.0723 e. The van der Waals surface area contributed by atoms with Gasteiger partial charge in [0.25, 0.3) is 0 Å². The second kappa shape index (κ2) is 11.0. The molecule has 3 heterocycles. The Morgan fingerprint density at radius 3 is 1.43 bits per heavy atom. The number of nitrogens with zero attached hydrogens (tertiary/aromatic N) is 4. The number of hydrogen-bond donors (Lipinski definition) is 0. The van der Waals surface area contributed by atoms with E-state index in [9.17, 15) is 0 Å². The van der Waals surface area contributed by atoms with Crippen LogP contribution >= 0.6 is 0 Å². The highest BCUT2D eigenvalue weighted by molar-refractivity contribution is 6.13. The highest BCUT2D eigenvalue weighted by Crippen LogP contribution is 2.43. The maximum atomic E-state index is 4.73. The Bertz CT molecular complexity index is 2670. The van der Waals surface area contributed by atoms with Gasteiger partial charge in [-0.3, -0.25) is 4.98 Å². The highest BCUT2D eigenvalue weighted by atomic mass is 15.1. The summed E-state index contributed by atoms with van der Waals surface area (Å²) in [7, 11) is 0. The van der Waals surface area contributed by atoms with Gasteiger partial charge in [0.15, 0.2) is 0 Å². The Balaban J connectivity index is 1.26. The molecule has 0 fully saturated rings. The zero-order valence-electron chi connectivity index (χ0n) is 26.6. The zero-order chi connectivity index (χ0) is 32.3. The van der Waals surface area contributed by atoms with Crippen LogP contribution in [-0.2, 0) is 0 Å². The van der Waals surface area contributed by atoms with E-state index < -0.39 is 0 Å². The van der Waals surface area contributed by atoms with Gasteiger partial charge in [-0.1, -0.05) is 78.9 Å². The summed E-state index contributed by atoms with van der Waals surface area (Å²) < 4.78 is 4.73. The van der Waals surface area contributed by atoms with Gasteiger partial charge < -0.3 is 14.0 Å². The fourth-order valence-corrected chi connectivity index (χ4v) is 7.62. The lowest BCUT2D eigenvalue weighted by Crippen LogP contribution is -2.10. The molecule has 0 amide bonds. The van der Waals surface area contributed by atoms with E-state index in [-0.39, 0.29) is 0 Å². The first-order chi connectivity index (χ1) is 24.3. The number of aromatic nitrogens is 3. The Labute approximate surface area is 283 Å². The van der Waals surface area contributed by atoms with Gasteiger partial charge in [-0.05, 0) is 97.1 Å². The van der Waals surface area contributed by atoms with Crippen molar-refractivity contribution in [2.24, 2.45) is 0 Å². The number of fused-ring (bicyclic) bond motifs is 7. The van der Waals surface area contributed by atoms with E-state index in [2.05, 4.69) is 184 Å². The number of pyridine rings is 1. The molecule has 10 aromatic rings. The molecule has 0 bridgehead atoms. The molecule has 3 aromatic heterocycles. The van der Waals surface area contributed by atoms with E-state index in [0.29, 0.717) is 0 Å². The van der Waals surface area contributed by atoms with E-state index >= 15 is 0 Å². The van der Waals surface area contributed by atoms with Crippen molar-refractivity contribution in [3.05, 3.63) is 182 Å². The van der Waals surface area contributed by atoms with Crippen LogP contribution in [0.15, 0.2) is 182 Å². The van der Waals surface area contributed by atoms with E-state index in [0.717, 1.165) is 39.3 Å². The Kier molecular flexibility index (Phi) is 6.15. The third kappa shape index (κ3) is 4.28. The number of hydrogen-bond acceptors (Lipinski definition) is 2. The summed E-state index contributed by atoms with van der Waals surface area (Å²) in [6.45, 7) is 0. The highest BCUT2D eigenvalue weighted by Gasteiger charge is 2.21. The molecular weight excluding hydrogens is 597 g/mol. The summed E-state index contributed by atoms with van der Waals surface area (Å²) >= 11 is 0. The number of anilines is 3. The average Bonchev–Trinajstić information content (AvgIpc) is 3.68. The van der Waals surface area contributed by atoms with E-state index in [1.165, 1.54) is 43.6 Å². The van der Waals surface area contributed by atoms with Crippen molar-refractivity contribution < 1.29 is 0 Å². The molecule has 49 heavy (non-hydrogen) atoms. The van der Waals surface area contributed by atoms with Crippen molar-refractivity contribution in [3.8, 4) is 11.4 Å². The van der Waals surface area contributed by atoms with Crippen LogP contribution in [0, 0.1) is 0 Å². The van der Waals surface area contributed by atoms with Gasteiger partial charge in [0.1, 0.15) is 0 Å². The van der Waals surface area contributed by atoms with Crippen molar-refractivity contribution in [1.29, 1.82) is 0 Å². The minimum Gasteiger partial charge on any atom is -0.310 e. The minimum atomic E-state index is 0.966. The third-order valence-electron chi connectivity index (χ3n) is 9.72. The van der Waals surface area contributed by atoms with Gasteiger partial charge >= 0.3 is 0 Å². The van der Waals surface area contributed by atoms with Crippen LogP contribution in [-0.4, -0.2) is 14.1 Å². The molecule has 0 spiro atoms. The molecular formula is C45H30N4. The van der Waals surface area contributed by atoms with Crippen LogP contribution in [0.3, 0.4) is 0 Å². The lowest BCUT2D eigenvalue weighted by atomic mass is 10.1. The monoisotopic (exact) mass is 626 g/mol. The first-order valence-electron chi connectivity index (χ1n) is 16.6. The Morgan fingerprint density at radius 1 is 0.367 bits per heavy atom. The standard InChI is InChI=1S/C45H30N4/c1-3-13-31(14-4-1)48-41-21-9-7-17-35(41)38-29-33(24-26-44(38)48)47(43-23-11-20-40-37(43)19-12-28-46-40)34-25-27-45-39(30-34)36-18-8-10-22-42(36)49(45)32-15-5-2-6-16-32/h1-30H. The van der Waals surface area contributed by atoms with Gasteiger partial charge in [-0.15, -0.1) is 0 Å². The van der Waals surface area contributed by atoms with Crippen molar-refractivity contribution in [2.75, 3.05) is 4.90 Å². The number of benzene rings is 7. The van der Waals surface area contributed by atoms with Crippen LogP contribution < -0.4 is 4.90 Å². The molecule has 0 saturated carbocycles. The van der Waals surface area contributed by atoms with Crippen LogP contribution in [0.5, 0.6) is 0 Å². The van der Waals surface area contributed by atoms with Gasteiger partial charge in [0.2, 0.25) is 0 Å².